The third-order valence-corrected chi connectivity index (χ3v) is 5.03. The Bertz CT molecular complexity index is 1140. The van der Waals surface area contributed by atoms with E-state index >= 15 is 0 Å². The lowest BCUT2D eigenvalue weighted by Crippen LogP contribution is -2.22. The van der Waals surface area contributed by atoms with Gasteiger partial charge in [0.1, 0.15) is 0 Å². The third-order valence-electron chi connectivity index (χ3n) is 3.77. The van der Waals surface area contributed by atoms with Gasteiger partial charge in [0, 0.05) is 11.3 Å². The molecule has 0 aliphatic rings. The van der Waals surface area contributed by atoms with E-state index in [0.717, 1.165) is 4.68 Å². The lowest BCUT2D eigenvalue weighted by atomic mass is 10.1. The number of hydrogen-bond donors (Lipinski definition) is 3. The molecule has 9 nitrogen and oxygen atoms in total. The predicted molar refractivity (Wildman–Crippen MR) is 102 cm³/mol. The molecule has 0 atom stereocenters. The highest BCUT2D eigenvalue weighted by Crippen LogP contribution is 2.24. The molecular weight excluding hydrogens is 384 g/mol. The van der Waals surface area contributed by atoms with Gasteiger partial charge in [0.2, 0.25) is 10.0 Å². The maximum Gasteiger partial charge on any atom is 0.356 e. The van der Waals surface area contributed by atoms with Gasteiger partial charge in [0.25, 0.3) is 0 Å². The predicted octanol–water partition coefficient (Wildman–Crippen LogP) is 2.12. The first-order chi connectivity index (χ1) is 13.2. The van der Waals surface area contributed by atoms with Crippen molar-refractivity contribution in [3.8, 4) is 11.3 Å². The largest absolute Gasteiger partial charge is 0.476 e. The molecule has 10 heteroatoms. The molecule has 1 heterocycles. The SMILES string of the molecule is NC(=O)n1nc(C(=O)O)cc1-c1cccc(NS(=O)(=O)Cc2ccccc2)c1. The Morgan fingerprint density at radius 3 is 2.43 bits per heavy atom. The summed E-state index contributed by atoms with van der Waals surface area (Å²) >= 11 is 0. The number of rotatable bonds is 6. The van der Waals surface area contributed by atoms with E-state index < -0.39 is 22.0 Å². The number of aromatic nitrogens is 2. The molecule has 0 fully saturated rings. The van der Waals surface area contributed by atoms with Crippen molar-refractivity contribution in [3.63, 3.8) is 0 Å². The van der Waals surface area contributed by atoms with Crippen LogP contribution in [0.2, 0.25) is 0 Å². The zero-order valence-corrected chi connectivity index (χ0v) is 15.3. The molecule has 0 saturated carbocycles. The molecule has 0 radical (unpaired) electrons. The van der Waals surface area contributed by atoms with Crippen LogP contribution in [0.3, 0.4) is 0 Å². The van der Waals surface area contributed by atoms with Crippen molar-refractivity contribution in [3.05, 3.63) is 71.9 Å². The summed E-state index contributed by atoms with van der Waals surface area (Å²) in [5.74, 6) is -1.53. The normalized spacial score (nSPS) is 11.1. The number of sulfonamides is 1. The average molecular weight is 400 g/mol. The first-order valence-corrected chi connectivity index (χ1v) is 9.68. The van der Waals surface area contributed by atoms with Gasteiger partial charge in [-0.25, -0.2) is 18.0 Å². The van der Waals surface area contributed by atoms with Crippen LogP contribution >= 0.6 is 0 Å². The second kappa shape index (κ2) is 7.53. The zero-order valence-electron chi connectivity index (χ0n) is 14.4. The lowest BCUT2D eigenvalue weighted by Gasteiger charge is -2.10. The van der Waals surface area contributed by atoms with Crippen LogP contribution in [-0.4, -0.2) is 35.3 Å². The van der Waals surface area contributed by atoms with Crippen molar-refractivity contribution >= 4 is 27.7 Å². The van der Waals surface area contributed by atoms with Crippen molar-refractivity contribution in [2.75, 3.05) is 4.72 Å². The van der Waals surface area contributed by atoms with Crippen LogP contribution in [-0.2, 0) is 15.8 Å². The van der Waals surface area contributed by atoms with Crippen LogP contribution in [0.15, 0.2) is 60.7 Å². The summed E-state index contributed by atoms with van der Waals surface area (Å²) in [6.07, 6.45) is 0. The van der Waals surface area contributed by atoms with Crippen LogP contribution in [0.25, 0.3) is 11.3 Å². The number of nitrogens with two attached hydrogens (primary N) is 1. The molecule has 0 bridgehead atoms. The fourth-order valence-electron chi connectivity index (χ4n) is 2.61. The number of carboxylic acids is 1. The molecule has 4 N–H and O–H groups in total. The van der Waals surface area contributed by atoms with E-state index in [0.29, 0.717) is 11.1 Å². The van der Waals surface area contributed by atoms with Crippen molar-refractivity contribution in [2.45, 2.75) is 5.75 Å². The molecule has 0 aliphatic carbocycles. The fraction of sp³-hybridized carbons (Fsp3) is 0.0556. The minimum absolute atomic E-state index is 0.133. The highest BCUT2D eigenvalue weighted by atomic mass is 32.2. The Labute approximate surface area is 160 Å². The molecule has 0 unspecified atom stereocenters. The van der Waals surface area contributed by atoms with Gasteiger partial charge >= 0.3 is 12.0 Å². The number of carbonyl (C=O) groups excluding carboxylic acids is 1. The molecule has 0 saturated heterocycles. The highest BCUT2D eigenvalue weighted by Gasteiger charge is 2.18. The van der Waals surface area contributed by atoms with Gasteiger partial charge in [0.15, 0.2) is 5.69 Å². The van der Waals surface area contributed by atoms with Gasteiger partial charge in [-0.05, 0) is 23.8 Å². The van der Waals surface area contributed by atoms with Crippen LogP contribution in [0.4, 0.5) is 10.5 Å². The number of anilines is 1. The van der Waals surface area contributed by atoms with Crippen molar-refractivity contribution in [1.82, 2.24) is 9.78 Å². The molecular formula is C18H16N4O5S. The summed E-state index contributed by atoms with van der Waals surface area (Å²) in [5, 5.41) is 12.7. The van der Waals surface area contributed by atoms with Gasteiger partial charge in [-0.1, -0.05) is 42.5 Å². The molecule has 28 heavy (non-hydrogen) atoms. The summed E-state index contributed by atoms with van der Waals surface area (Å²) in [6.45, 7) is 0. The second-order valence-corrected chi connectivity index (χ2v) is 7.62. The van der Waals surface area contributed by atoms with Gasteiger partial charge < -0.3 is 10.8 Å². The number of nitrogens with one attached hydrogen (secondary N) is 1. The number of nitrogens with zero attached hydrogens (tertiary/aromatic N) is 2. The van der Waals surface area contributed by atoms with Crippen LogP contribution in [0.5, 0.6) is 0 Å². The van der Waals surface area contributed by atoms with E-state index in [1.165, 1.54) is 18.2 Å². The highest BCUT2D eigenvalue weighted by molar-refractivity contribution is 7.91. The lowest BCUT2D eigenvalue weighted by molar-refractivity contribution is 0.0690. The number of benzene rings is 2. The van der Waals surface area contributed by atoms with E-state index in [9.17, 15) is 18.0 Å². The quantitative estimate of drug-likeness (QED) is 0.578. The van der Waals surface area contributed by atoms with Crippen LogP contribution in [0, 0.1) is 0 Å². The van der Waals surface area contributed by atoms with Crippen LogP contribution < -0.4 is 10.5 Å². The minimum Gasteiger partial charge on any atom is -0.476 e. The summed E-state index contributed by atoms with van der Waals surface area (Å²) in [4.78, 5) is 22.7. The Kier molecular flexibility index (Phi) is 5.14. The van der Waals surface area contributed by atoms with Gasteiger partial charge in [-0.3, -0.25) is 4.72 Å². The topological polar surface area (TPSA) is 144 Å². The Hall–Kier alpha value is -3.66. The average Bonchev–Trinajstić information content (AvgIpc) is 3.08. The molecule has 0 spiro atoms. The van der Waals surface area contributed by atoms with Gasteiger partial charge in [-0.2, -0.15) is 9.78 Å². The van der Waals surface area contributed by atoms with Crippen molar-refractivity contribution in [1.29, 1.82) is 0 Å². The first-order valence-electron chi connectivity index (χ1n) is 8.03. The number of carboxylic acid groups (broad SMARTS) is 1. The van der Waals surface area contributed by atoms with E-state index in [-0.39, 0.29) is 22.8 Å². The maximum absolute atomic E-state index is 12.4. The van der Waals surface area contributed by atoms with E-state index in [4.69, 9.17) is 10.8 Å². The smallest absolute Gasteiger partial charge is 0.356 e. The fourth-order valence-corrected chi connectivity index (χ4v) is 3.80. The van der Waals surface area contributed by atoms with Crippen molar-refractivity contribution in [2.24, 2.45) is 5.73 Å². The minimum atomic E-state index is -3.68. The standard InChI is InChI=1S/C18H16N4O5S/c19-18(25)22-16(10-15(20-22)17(23)24)13-7-4-8-14(9-13)21-28(26,27)11-12-5-2-1-3-6-12/h1-10,21H,11H2,(H2,19,25)(H,23,24). The summed E-state index contributed by atoms with van der Waals surface area (Å²) < 4.78 is 28.0. The number of amides is 1. The molecule has 1 aromatic heterocycles. The zero-order chi connectivity index (χ0) is 20.3. The molecule has 3 aromatic rings. The number of primary amides is 1. The molecule has 0 aliphatic heterocycles. The van der Waals surface area contributed by atoms with E-state index in [2.05, 4.69) is 9.82 Å². The number of hydrogen-bond acceptors (Lipinski definition) is 5. The second-order valence-electron chi connectivity index (χ2n) is 5.90. The van der Waals surface area contributed by atoms with E-state index in [1.54, 1.807) is 42.5 Å². The first kappa shape index (κ1) is 19.1. The molecule has 3 rings (SSSR count). The molecule has 1 amide bonds. The summed E-state index contributed by atoms with van der Waals surface area (Å²) in [7, 11) is -3.68. The number of aromatic carboxylic acids is 1. The Morgan fingerprint density at radius 1 is 1.07 bits per heavy atom. The molecule has 144 valence electrons. The summed E-state index contributed by atoms with van der Waals surface area (Å²) in [6, 6.07) is 15.1. The summed E-state index contributed by atoms with van der Waals surface area (Å²) in [5.41, 5.74) is 6.28. The Morgan fingerprint density at radius 2 is 1.79 bits per heavy atom. The van der Waals surface area contributed by atoms with Crippen molar-refractivity contribution < 1.29 is 23.1 Å². The monoisotopic (exact) mass is 400 g/mol. The molecule has 2 aromatic carbocycles. The number of carbonyl (C=O) groups is 2. The van der Waals surface area contributed by atoms with Gasteiger partial charge in [0.05, 0.1) is 11.4 Å². The van der Waals surface area contributed by atoms with E-state index in [1.807, 2.05) is 0 Å². The third kappa shape index (κ3) is 4.35. The maximum atomic E-state index is 12.4. The van der Waals surface area contributed by atoms with Crippen LogP contribution in [0.1, 0.15) is 16.1 Å². The van der Waals surface area contributed by atoms with Gasteiger partial charge in [-0.15, -0.1) is 0 Å². The Balaban J connectivity index is 1.91.